The molecule has 0 amide bonds. The smallest absolute Gasteiger partial charge is 0.347 e. The van der Waals surface area contributed by atoms with Gasteiger partial charge in [-0.05, 0) is 11.8 Å². The molecule has 1 aromatic rings. The van der Waals surface area contributed by atoms with E-state index in [9.17, 15) is 10.1 Å². The lowest BCUT2D eigenvalue weighted by Crippen LogP contribution is -1.98. The largest absolute Gasteiger partial charge is 0.358 e. The summed E-state index contributed by atoms with van der Waals surface area (Å²) in [7, 11) is 0. The number of hydrogen-bond donors (Lipinski definition) is 0. The van der Waals surface area contributed by atoms with E-state index in [1.807, 2.05) is 0 Å². The van der Waals surface area contributed by atoms with Crippen LogP contribution in [0, 0.1) is 17.0 Å². The Bertz CT molecular complexity index is 343. The van der Waals surface area contributed by atoms with E-state index in [0.717, 1.165) is 6.20 Å². The molecule has 0 bridgehead atoms. The van der Waals surface area contributed by atoms with Gasteiger partial charge in [-0.2, -0.15) is 0 Å². The van der Waals surface area contributed by atoms with E-state index in [-0.39, 0.29) is 5.56 Å². The SMILES string of the molecule is [2H]C([2H])([2H])n1ncc(C)c1[N+](=O)[O-]. The molecule has 0 saturated carbocycles. The zero-order valence-corrected chi connectivity index (χ0v) is 5.24. The van der Waals surface area contributed by atoms with E-state index >= 15 is 0 Å². The summed E-state index contributed by atoms with van der Waals surface area (Å²) in [6.07, 6.45) is 1.16. The number of nitro groups is 1. The highest BCUT2D eigenvalue weighted by Gasteiger charge is 2.13. The number of hydrogen-bond acceptors (Lipinski definition) is 3. The van der Waals surface area contributed by atoms with Gasteiger partial charge in [0.2, 0.25) is 0 Å². The highest BCUT2D eigenvalue weighted by molar-refractivity contribution is 5.28. The molecule has 0 aliphatic rings. The molecule has 0 fully saturated rings. The minimum Gasteiger partial charge on any atom is -0.358 e. The molecular formula is C5H7N3O2. The van der Waals surface area contributed by atoms with Gasteiger partial charge in [0.15, 0.2) is 0 Å². The molecule has 0 saturated heterocycles. The van der Waals surface area contributed by atoms with Crippen LogP contribution in [0.1, 0.15) is 9.68 Å². The molecule has 5 heteroatoms. The van der Waals surface area contributed by atoms with Gasteiger partial charge in [0.25, 0.3) is 0 Å². The highest BCUT2D eigenvalue weighted by Crippen LogP contribution is 2.13. The molecule has 54 valence electrons. The van der Waals surface area contributed by atoms with Crippen LogP contribution in [-0.2, 0) is 6.98 Å². The van der Waals surface area contributed by atoms with Gasteiger partial charge in [0.05, 0.1) is 15.9 Å². The number of aryl methyl sites for hydroxylation is 2. The van der Waals surface area contributed by atoms with E-state index in [1.54, 1.807) is 0 Å². The zero-order chi connectivity index (χ0) is 10.2. The average Bonchev–Trinajstić information content (AvgIpc) is 2.28. The lowest BCUT2D eigenvalue weighted by molar-refractivity contribution is -0.392. The Kier molecular flexibility index (Phi) is 0.774. The van der Waals surface area contributed by atoms with Gasteiger partial charge in [-0.1, -0.05) is 5.10 Å². The van der Waals surface area contributed by atoms with Crippen LogP contribution in [-0.4, -0.2) is 14.7 Å². The van der Waals surface area contributed by atoms with Gasteiger partial charge in [0.1, 0.15) is 6.98 Å². The Morgan fingerprint density at radius 1 is 2.00 bits per heavy atom. The minimum atomic E-state index is -2.60. The molecule has 5 nitrogen and oxygen atoms in total. The summed E-state index contributed by atoms with van der Waals surface area (Å²) >= 11 is 0. The van der Waals surface area contributed by atoms with Crippen LogP contribution < -0.4 is 0 Å². The lowest BCUT2D eigenvalue weighted by atomic mass is 10.4. The third-order valence-electron chi connectivity index (χ3n) is 1.09. The monoisotopic (exact) mass is 144 g/mol. The summed E-state index contributed by atoms with van der Waals surface area (Å²) in [6.45, 7) is -1.16. The second-order valence-electron chi connectivity index (χ2n) is 1.82. The second-order valence-corrected chi connectivity index (χ2v) is 1.82. The molecule has 0 atom stereocenters. The molecule has 0 aliphatic carbocycles. The Balaban J connectivity index is 3.31. The van der Waals surface area contributed by atoms with Gasteiger partial charge in [-0.3, -0.25) is 0 Å². The van der Waals surface area contributed by atoms with E-state index in [0.29, 0.717) is 4.68 Å². The molecule has 1 rings (SSSR count). The van der Waals surface area contributed by atoms with Crippen molar-refractivity contribution in [1.82, 2.24) is 9.78 Å². The highest BCUT2D eigenvalue weighted by atomic mass is 16.6. The normalized spacial score (nSPS) is 15.5. The quantitative estimate of drug-likeness (QED) is 0.429. The molecule has 0 radical (unpaired) electrons. The van der Waals surface area contributed by atoms with Crippen molar-refractivity contribution in [3.8, 4) is 0 Å². The van der Waals surface area contributed by atoms with Crippen molar-refractivity contribution in [2.75, 3.05) is 0 Å². The van der Waals surface area contributed by atoms with E-state index in [4.69, 9.17) is 4.11 Å². The van der Waals surface area contributed by atoms with Gasteiger partial charge >= 0.3 is 5.82 Å². The van der Waals surface area contributed by atoms with Crippen LogP contribution in [0.3, 0.4) is 0 Å². The summed E-state index contributed by atoms with van der Waals surface area (Å²) < 4.78 is 21.3. The van der Waals surface area contributed by atoms with Crippen molar-refractivity contribution < 1.29 is 9.04 Å². The zero-order valence-electron chi connectivity index (χ0n) is 8.24. The fourth-order valence-corrected chi connectivity index (χ4v) is 0.645. The first kappa shape index (κ1) is 3.70. The van der Waals surface area contributed by atoms with Crippen LogP contribution in [0.4, 0.5) is 5.82 Å². The third kappa shape index (κ3) is 0.854. The first-order chi connectivity index (χ1) is 5.84. The molecule has 0 N–H and O–H groups in total. The molecule has 1 heterocycles. The first-order valence-corrected chi connectivity index (χ1v) is 2.53. The molecule has 1 aromatic heterocycles. The summed E-state index contributed by atoms with van der Waals surface area (Å²) in [5.41, 5.74) is 0.237. The molecule has 0 aromatic carbocycles. The molecule has 0 aliphatic heterocycles. The van der Waals surface area contributed by atoms with E-state index < -0.39 is 17.7 Å². The molecule has 10 heavy (non-hydrogen) atoms. The maximum Gasteiger partial charge on any atom is 0.347 e. The lowest BCUT2D eigenvalue weighted by Gasteiger charge is -1.92. The Hall–Kier alpha value is -1.39. The van der Waals surface area contributed by atoms with Crippen LogP contribution in [0.15, 0.2) is 6.20 Å². The minimum absolute atomic E-state index is 0.237. The maximum absolute atomic E-state index is 10.4. The Morgan fingerprint density at radius 3 is 3.10 bits per heavy atom. The van der Waals surface area contributed by atoms with Crippen LogP contribution in [0.25, 0.3) is 0 Å². The topological polar surface area (TPSA) is 61.0 Å². The van der Waals surface area contributed by atoms with Gasteiger partial charge in [-0.25, -0.2) is 0 Å². The van der Waals surface area contributed by atoms with Crippen molar-refractivity contribution in [3.63, 3.8) is 0 Å². The van der Waals surface area contributed by atoms with Crippen molar-refractivity contribution in [3.05, 3.63) is 21.9 Å². The molecule has 0 unspecified atom stereocenters. The van der Waals surface area contributed by atoms with E-state index in [1.165, 1.54) is 6.92 Å². The fraction of sp³-hybridized carbons (Fsp3) is 0.400. The van der Waals surface area contributed by atoms with Crippen molar-refractivity contribution in [2.24, 2.45) is 6.98 Å². The fourth-order valence-electron chi connectivity index (χ4n) is 0.645. The van der Waals surface area contributed by atoms with Gasteiger partial charge in [-0.15, -0.1) is 4.68 Å². The molecule has 0 spiro atoms. The summed E-state index contributed by atoms with van der Waals surface area (Å²) in [5.74, 6) is -0.486. The standard InChI is InChI=1S/C5H7N3O2/c1-4-3-6-7(2)5(4)8(9)10/h3H,1-2H3/i2D3. The van der Waals surface area contributed by atoms with Crippen molar-refractivity contribution in [2.45, 2.75) is 6.92 Å². The Labute approximate surface area is 61.6 Å². The number of aromatic nitrogens is 2. The summed E-state index contributed by atoms with van der Waals surface area (Å²) in [5, 5.41) is 13.9. The maximum atomic E-state index is 10.4. The average molecular weight is 144 g/mol. The van der Waals surface area contributed by atoms with Crippen molar-refractivity contribution in [1.29, 1.82) is 0 Å². The predicted octanol–water partition coefficient (Wildman–Crippen LogP) is 0.637. The van der Waals surface area contributed by atoms with Gasteiger partial charge < -0.3 is 10.1 Å². The van der Waals surface area contributed by atoms with Crippen LogP contribution >= 0.6 is 0 Å². The van der Waals surface area contributed by atoms with Crippen LogP contribution in [0.2, 0.25) is 0 Å². The second kappa shape index (κ2) is 2.09. The predicted molar refractivity (Wildman–Crippen MR) is 34.6 cm³/mol. The van der Waals surface area contributed by atoms with Crippen LogP contribution in [0.5, 0.6) is 0 Å². The number of nitrogens with zero attached hydrogens (tertiary/aromatic N) is 3. The van der Waals surface area contributed by atoms with Crippen molar-refractivity contribution >= 4 is 5.82 Å². The summed E-state index contributed by atoms with van der Waals surface area (Å²) in [4.78, 5) is 9.69. The Morgan fingerprint density at radius 2 is 2.70 bits per heavy atom. The van der Waals surface area contributed by atoms with Gasteiger partial charge in [0, 0.05) is 0 Å². The first-order valence-electron chi connectivity index (χ1n) is 4.03. The number of rotatable bonds is 1. The summed E-state index contributed by atoms with van der Waals surface area (Å²) in [6, 6.07) is 0. The van der Waals surface area contributed by atoms with E-state index in [2.05, 4.69) is 5.10 Å². The third-order valence-corrected chi connectivity index (χ3v) is 1.09. The molecular weight excluding hydrogens is 134 g/mol.